The van der Waals surface area contributed by atoms with Crippen molar-refractivity contribution in [3.63, 3.8) is 0 Å². The molecule has 0 radical (unpaired) electrons. The van der Waals surface area contributed by atoms with Crippen LogP contribution >= 0.6 is 24.0 Å². The van der Waals surface area contributed by atoms with Gasteiger partial charge < -0.3 is 20.1 Å². The van der Waals surface area contributed by atoms with Crippen molar-refractivity contribution in [3.8, 4) is 5.75 Å². The van der Waals surface area contributed by atoms with Crippen LogP contribution in [0, 0.1) is 5.92 Å². The summed E-state index contributed by atoms with van der Waals surface area (Å²) in [5, 5.41) is 7.26. The monoisotopic (exact) mass is 501 g/mol. The number of benzene rings is 1. The van der Waals surface area contributed by atoms with Crippen LogP contribution in [-0.2, 0) is 10.2 Å². The highest BCUT2D eigenvalue weighted by molar-refractivity contribution is 14.0. The zero-order valence-electron chi connectivity index (χ0n) is 17.5. The molecule has 0 atom stereocenters. The second-order valence-electron chi connectivity index (χ2n) is 8.15. The van der Waals surface area contributed by atoms with Gasteiger partial charge in [-0.25, -0.2) is 0 Å². The molecule has 2 aliphatic rings. The van der Waals surface area contributed by atoms with Gasteiger partial charge in [-0.15, -0.1) is 24.0 Å². The third-order valence-corrected chi connectivity index (χ3v) is 6.33. The molecule has 0 bridgehead atoms. The number of halogens is 1. The van der Waals surface area contributed by atoms with Gasteiger partial charge >= 0.3 is 0 Å². The molecule has 2 fully saturated rings. The van der Waals surface area contributed by atoms with Crippen LogP contribution in [-0.4, -0.2) is 45.9 Å². The van der Waals surface area contributed by atoms with E-state index in [1.165, 1.54) is 31.2 Å². The molecule has 28 heavy (non-hydrogen) atoms. The van der Waals surface area contributed by atoms with Gasteiger partial charge in [-0.3, -0.25) is 4.99 Å². The topological polar surface area (TPSA) is 54.9 Å². The molecule has 0 unspecified atom stereocenters. The number of rotatable bonds is 5. The lowest BCUT2D eigenvalue weighted by atomic mass is 9.74. The number of ether oxygens (including phenoxy) is 2. The number of hydrogen-bond acceptors (Lipinski definition) is 3. The van der Waals surface area contributed by atoms with Gasteiger partial charge in [0.2, 0.25) is 0 Å². The summed E-state index contributed by atoms with van der Waals surface area (Å²) in [5.41, 5.74) is 1.42. The molecule has 1 aliphatic carbocycles. The van der Waals surface area contributed by atoms with Crippen LogP contribution in [0.4, 0.5) is 0 Å². The van der Waals surface area contributed by atoms with Gasteiger partial charge in [-0.05, 0) is 62.1 Å². The summed E-state index contributed by atoms with van der Waals surface area (Å²) in [6.45, 7) is 4.83. The molecule has 1 aliphatic heterocycles. The normalized spacial score (nSPS) is 24.8. The molecule has 0 aromatic heterocycles. The summed E-state index contributed by atoms with van der Waals surface area (Å²) >= 11 is 0. The largest absolute Gasteiger partial charge is 0.497 e. The molecule has 1 aromatic rings. The van der Waals surface area contributed by atoms with E-state index < -0.39 is 0 Å². The van der Waals surface area contributed by atoms with Gasteiger partial charge in [-0.2, -0.15) is 0 Å². The fourth-order valence-electron chi connectivity index (χ4n) is 4.32. The predicted octanol–water partition coefficient (Wildman–Crippen LogP) is 4.11. The summed E-state index contributed by atoms with van der Waals surface area (Å²) in [5.74, 6) is 2.69. The molecule has 6 heteroatoms. The quantitative estimate of drug-likeness (QED) is 0.363. The summed E-state index contributed by atoms with van der Waals surface area (Å²) < 4.78 is 11.0. The number of nitrogens with one attached hydrogen (secondary N) is 2. The van der Waals surface area contributed by atoms with Crippen LogP contribution in [0.25, 0.3) is 0 Å². The zero-order chi connectivity index (χ0) is 19.1. The Labute approximate surface area is 187 Å². The molecular weight excluding hydrogens is 465 g/mol. The first-order valence-electron chi connectivity index (χ1n) is 10.3. The Morgan fingerprint density at radius 3 is 2.36 bits per heavy atom. The van der Waals surface area contributed by atoms with Crippen molar-refractivity contribution in [2.75, 3.05) is 33.9 Å². The number of nitrogens with zero attached hydrogens (tertiary/aromatic N) is 1. The average molecular weight is 501 g/mol. The molecular formula is C22H36IN3O2. The van der Waals surface area contributed by atoms with E-state index in [-0.39, 0.29) is 29.4 Å². The Kier molecular flexibility index (Phi) is 9.34. The molecule has 3 rings (SSSR count). The number of aliphatic imine (C=N–C) groups is 1. The smallest absolute Gasteiger partial charge is 0.191 e. The number of methoxy groups -OCH3 is 1. The molecule has 1 heterocycles. The zero-order valence-corrected chi connectivity index (χ0v) is 19.8. The first-order valence-corrected chi connectivity index (χ1v) is 10.3. The third kappa shape index (κ3) is 5.99. The van der Waals surface area contributed by atoms with Crippen LogP contribution in [0.5, 0.6) is 5.75 Å². The predicted molar refractivity (Wildman–Crippen MR) is 126 cm³/mol. The summed E-state index contributed by atoms with van der Waals surface area (Å²) in [6, 6.07) is 9.06. The summed E-state index contributed by atoms with van der Waals surface area (Å²) in [7, 11) is 3.58. The van der Waals surface area contributed by atoms with Gasteiger partial charge in [0.05, 0.1) is 7.11 Å². The van der Waals surface area contributed by atoms with Crippen molar-refractivity contribution in [1.82, 2.24) is 10.6 Å². The lowest BCUT2D eigenvalue weighted by Crippen LogP contribution is -2.50. The Morgan fingerprint density at radius 1 is 1.14 bits per heavy atom. The van der Waals surface area contributed by atoms with E-state index in [0.717, 1.165) is 50.2 Å². The molecule has 0 amide bonds. The van der Waals surface area contributed by atoms with Gasteiger partial charge in [0, 0.05) is 38.3 Å². The molecule has 1 saturated heterocycles. The Hall–Kier alpha value is -1.02. The SMILES string of the molecule is CN=C(NCC1(c2ccc(OC)cc2)CCOCC1)NC1CCC(C)CC1.I. The third-order valence-electron chi connectivity index (χ3n) is 6.33. The fraction of sp³-hybridized carbons (Fsp3) is 0.682. The van der Waals surface area contributed by atoms with E-state index in [2.05, 4.69) is 46.8 Å². The maximum atomic E-state index is 5.66. The number of hydrogen-bond donors (Lipinski definition) is 2. The Balaban J connectivity index is 0.00000280. The van der Waals surface area contributed by atoms with Crippen molar-refractivity contribution < 1.29 is 9.47 Å². The van der Waals surface area contributed by atoms with Crippen molar-refractivity contribution >= 4 is 29.9 Å². The fourth-order valence-corrected chi connectivity index (χ4v) is 4.32. The van der Waals surface area contributed by atoms with Crippen LogP contribution in [0.3, 0.4) is 0 Å². The highest BCUT2D eigenvalue weighted by atomic mass is 127. The molecule has 5 nitrogen and oxygen atoms in total. The molecule has 2 N–H and O–H groups in total. The average Bonchev–Trinajstić information content (AvgIpc) is 2.73. The molecule has 158 valence electrons. The van der Waals surface area contributed by atoms with Gasteiger partial charge in [0.25, 0.3) is 0 Å². The van der Waals surface area contributed by atoms with Crippen LogP contribution in [0.2, 0.25) is 0 Å². The van der Waals surface area contributed by atoms with E-state index in [1.54, 1.807) is 7.11 Å². The van der Waals surface area contributed by atoms with Crippen LogP contribution in [0.15, 0.2) is 29.3 Å². The van der Waals surface area contributed by atoms with Gasteiger partial charge in [0.1, 0.15) is 5.75 Å². The van der Waals surface area contributed by atoms with Crippen molar-refractivity contribution in [2.45, 2.75) is 56.9 Å². The van der Waals surface area contributed by atoms with Gasteiger partial charge in [0.15, 0.2) is 5.96 Å². The van der Waals surface area contributed by atoms with E-state index in [4.69, 9.17) is 9.47 Å². The second kappa shape index (κ2) is 11.2. The minimum atomic E-state index is 0. The first-order chi connectivity index (χ1) is 13.1. The summed E-state index contributed by atoms with van der Waals surface area (Å²) in [4.78, 5) is 4.48. The van der Waals surface area contributed by atoms with Crippen molar-refractivity contribution in [3.05, 3.63) is 29.8 Å². The van der Waals surface area contributed by atoms with Crippen LogP contribution in [0.1, 0.15) is 51.0 Å². The van der Waals surface area contributed by atoms with Crippen molar-refractivity contribution in [2.24, 2.45) is 10.9 Å². The van der Waals surface area contributed by atoms with E-state index in [9.17, 15) is 0 Å². The minimum Gasteiger partial charge on any atom is -0.497 e. The highest BCUT2D eigenvalue weighted by Crippen LogP contribution is 2.35. The lowest BCUT2D eigenvalue weighted by molar-refractivity contribution is 0.0513. The van der Waals surface area contributed by atoms with E-state index in [1.807, 2.05) is 7.05 Å². The summed E-state index contributed by atoms with van der Waals surface area (Å²) in [6.07, 6.45) is 7.12. The minimum absolute atomic E-state index is 0. The lowest BCUT2D eigenvalue weighted by Gasteiger charge is -2.38. The van der Waals surface area contributed by atoms with Crippen LogP contribution < -0.4 is 15.4 Å². The first kappa shape index (κ1) is 23.3. The molecule has 1 saturated carbocycles. The van der Waals surface area contributed by atoms with Gasteiger partial charge in [-0.1, -0.05) is 19.1 Å². The molecule has 0 spiro atoms. The Bertz CT molecular complexity index is 607. The standard InChI is InChI=1S/C22H35N3O2.HI/c1-17-4-8-19(9-5-17)25-21(23-2)24-16-22(12-14-27-15-13-22)18-6-10-20(26-3)11-7-18;/h6-7,10-11,17,19H,4-5,8-9,12-16H2,1-3H3,(H2,23,24,25);1H. The second-order valence-corrected chi connectivity index (χ2v) is 8.15. The molecule has 1 aromatic carbocycles. The van der Waals surface area contributed by atoms with Crippen molar-refractivity contribution in [1.29, 1.82) is 0 Å². The maximum Gasteiger partial charge on any atom is 0.191 e. The highest BCUT2D eigenvalue weighted by Gasteiger charge is 2.35. The van der Waals surface area contributed by atoms with E-state index in [0.29, 0.717) is 6.04 Å². The Morgan fingerprint density at radius 2 is 1.79 bits per heavy atom. The maximum absolute atomic E-state index is 5.66. The number of guanidine groups is 1. The van der Waals surface area contributed by atoms with E-state index >= 15 is 0 Å².